The molecule has 0 bridgehead atoms. The minimum Gasteiger partial charge on any atom is -0.382 e. The van der Waals surface area contributed by atoms with Gasteiger partial charge in [0.05, 0.1) is 16.3 Å². The number of aromatic amines is 2. The molecule has 0 amide bonds. The molecule has 0 aliphatic heterocycles. The number of nitrogens with zero attached hydrogens (tertiary/aromatic N) is 1. The summed E-state index contributed by atoms with van der Waals surface area (Å²) in [6.45, 7) is 0. The summed E-state index contributed by atoms with van der Waals surface area (Å²) in [5.41, 5.74) is 8.36. The highest BCUT2D eigenvalue weighted by atomic mass is 35.5. The SMILES string of the molecule is Nc1n[nH]c(-c2cc[nH]c(=O)c2)c1-c1ccc(Cl)cc1Cl. The van der Waals surface area contributed by atoms with Gasteiger partial charge in [0.1, 0.15) is 0 Å². The Balaban J connectivity index is 2.24. The molecule has 3 aromatic rings. The van der Waals surface area contributed by atoms with Gasteiger partial charge in [0.2, 0.25) is 5.56 Å². The molecule has 3 rings (SSSR count). The van der Waals surface area contributed by atoms with Crippen molar-refractivity contribution in [2.75, 3.05) is 5.73 Å². The van der Waals surface area contributed by atoms with Crippen molar-refractivity contribution in [1.29, 1.82) is 0 Å². The smallest absolute Gasteiger partial charge is 0.248 e. The maximum absolute atomic E-state index is 11.5. The average Bonchev–Trinajstić information content (AvgIpc) is 2.81. The number of halogens is 2. The number of nitrogens with two attached hydrogens (primary N) is 1. The molecule has 2 aromatic heterocycles. The first-order chi connectivity index (χ1) is 10.1. The third kappa shape index (κ3) is 2.53. The fourth-order valence-electron chi connectivity index (χ4n) is 2.13. The molecule has 1 aromatic carbocycles. The van der Waals surface area contributed by atoms with Crippen molar-refractivity contribution >= 4 is 29.0 Å². The molecule has 0 atom stereocenters. The van der Waals surface area contributed by atoms with Crippen LogP contribution in [0.15, 0.2) is 41.3 Å². The van der Waals surface area contributed by atoms with E-state index < -0.39 is 0 Å². The monoisotopic (exact) mass is 320 g/mol. The second-order valence-electron chi connectivity index (χ2n) is 4.42. The summed E-state index contributed by atoms with van der Waals surface area (Å²) in [4.78, 5) is 14.0. The molecule has 0 aliphatic rings. The number of hydrogen-bond donors (Lipinski definition) is 3. The van der Waals surface area contributed by atoms with Gasteiger partial charge in [0, 0.05) is 28.4 Å². The van der Waals surface area contributed by atoms with Crippen LogP contribution in [0.2, 0.25) is 10.0 Å². The van der Waals surface area contributed by atoms with Crippen LogP contribution in [0.4, 0.5) is 5.82 Å². The van der Waals surface area contributed by atoms with E-state index in [2.05, 4.69) is 15.2 Å². The minimum atomic E-state index is -0.214. The van der Waals surface area contributed by atoms with Gasteiger partial charge >= 0.3 is 0 Å². The third-order valence-electron chi connectivity index (χ3n) is 3.06. The highest BCUT2D eigenvalue weighted by Crippen LogP contribution is 2.38. The lowest BCUT2D eigenvalue weighted by Gasteiger charge is -2.07. The fourth-order valence-corrected chi connectivity index (χ4v) is 2.63. The van der Waals surface area contributed by atoms with Gasteiger partial charge in [-0.1, -0.05) is 29.3 Å². The van der Waals surface area contributed by atoms with Gasteiger partial charge < -0.3 is 10.7 Å². The van der Waals surface area contributed by atoms with Crippen LogP contribution in [0.3, 0.4) is 0 Å². The third-order valence-corrected chi connectivity index (χ3v) is 3.61. The van der Waals surface area contributed by atoms with Crippen LogP contribution in [0, 0.1) is 0 Å². The fraction of sp³-hybridized carbons (Fsp3) is 0. The second kappa shape index (κ2) is 5.27. The van der Waals surface area contributed by atoms with Gasteiger partial charge in [-0.2, -0.15) is 5.10 Å². The molecule has 5 nitrogen and oxygen atoms in total. The maximum Gasteiger partial charge on any atom is 0.248 e. The predicted octanol–water partition coefficient (Wildman–Crippen LogP) is 3.32. The van der Waals surface area contributed by atoms with Crippen LogP contribution in [-0.4, -0.2) is 15.2 Å². The van der Waals surface area contributed by atoms with Crippen LogP contribution in [0.5, 0.6) is 0 Å². The number of hydrogen-bond acceptors (Lipinski definition) is 3. The Kier molecular flexibility index (Phi) is 3.45. The van der Waals surface area contributed by atoms with E-state index in [9.17, 15) is 4.79 Å². The zero-order valence-corrected chi connectivity index (χ0v) is 12.2. The van der Waals surface area contributed by atoms with Crippen molar-refractivity contribution in [3.8, 4) is 22.4 Å². The van der Waals surface area contributed by atoms with Crippen LogP contribution in [0.25, 0.3) is 22.4 Å². The van der Waals surface area contributed by atoms with Gasteiger partial charge in [0.15, 0.2) is 5.82 Å². The van der Waals surface area contributed by atoms with E-state index in [0.717, 1.165) is 0 Å². The first kappa shape index (κ1) is 13.7. The highest BCUT2D eigenvalue weighted by Gasteiger charge is 2.17. The van der Waals surface area contributed by atoms with Crippen molar-refractivity contribution in [1.82, 2.24) is 15.2 Å². The van der Waals surface area contributed by atoms with Gasteiger partial charge in [0.25, 0.3) is 0 Å². The summed E-state index contributed by atoms with van der Waals surface area (Å²) in [7, 11) is 0. The van der Waals surface area contributed by atoms with Gasteiger partial charge in [-0.25, -0.2) is 0 Å². The Bertz CT molecular complexity index is 869. The van der Waals surface area contributed by atoms with Crippen molar-refractivity contribution in [2.24, 2.45) is 0 Å². The lowest BCUT2D eigenvalue weighted by Crippen LogP contribution is -2.02. The molecule has 2 heterocycles. The molecule has 0 aliphatic carbocycles. The summed E-state index contributed by atoms with van der Waals surface area (Å²) in [6.07, 6.45) is 1.56. The number of nitrogen functional groups attached to an aromatic ring is 1. The Hall–Kier alpha value is -2.24. The first-order valence-corrected chi connectivity index (χ1v) is 6.80. The molecule has 0 spiro atoms. The number of pyridine rings is 1. The van der Waals surface area contributed by atoms with E-state index in [-0.39, 0.29) is 5.56 Å². The minimum absolute atomic E-state index is 0.214. The molecular formula is C14H10Cl2N4O. The van der Waals surface area contributed by atoms with Crippen LogP contribution in [0.1, 0.15) is 0 Å². The topological polar surface area (TPSA) is 87.6 Å². The van der Waals surface area contributed by atoms with Crippen molar-refractivity contribution in [3.63, 3.8) is 0 Å². The lowest BCUT2D eigenvalue weighted by molar-refractivity contribution is 1.10. The van der Waals surface area contributed by atoms with Gasteiger partial charge in [-0.3, -0.25) is 9.89 Å². The first-order valence-electron chi connectivity index (χ1n) is 6.04. The zero-order valence-electron chi connectivity index (χ0n) is 10.7. The Morgan fingerprint density at radius 3 is 2.67 bits per heavy atom. The van der Waals surface area contributed by atoms with E-state index in [1.807, 2.05) is 0 Å². The van der Waals surface area contributed by atoms with E-state index in [1.54, 1.807) is 30.5 Å². The summed E-state index contributed by atoms with van der Waals surface area (Å²) in [5.74, 6) is 0.300. The number of aromatic nitrogens is 3. The Morgan fingerprint density at radius 2 is 1.95 bits per heavy atom. The summed E-state index contributed by atoms with van der Waals surface area (Å²) >= 11 is 12.1. The number of nitrogens with one attached hydrogen (secondary N) is 2. The second-order valence-corrected chi connectivity index (χ2v) is 5.27. The van der Waals surface area contributed by atoms with E-state index in [4.69, 9.17) is 28.9 Å². The molecule has 0 saturated carbocycles. The number of anilines is 1. The standard InChI is InChI=1S/C14H10Cl2N4O/c15-8-1-2-9(10(16)6-8)12-13(19-20-14(12)17)7-3-4-18-11(21)5-7/h1-6H,(H,18,21)(H3,17,19,20). The van der Waals surface area contributed by atoms with Crippen molar-refractivity contribution < 1.29 is 0 Å². The van der Waals surface area contributed by atoms with Crippen molar-refractivity contribution in [3.05, 3.63) is 56.9 Å². The number of H-pyrrole nitrogens is 2. The van der Waals surface area contributed by atoms with Crippen LogP contribution in [-0.2, 0) is 0 Å². The zero-order chi connectivity index (χ0) is 15.0. The Morgan fingerprint density at radius 1 is 1.14 bits per heavy atom. The van der Waals surface area contributed by atoms with E-state index >= 15 is 0 Å². The molecule has 4 N–H and O–H groups in total. The van der Waals surface area contributed by atoms with Gasteiger partial charge in [-0.15, -0.1) is 0 Å². The summed E-state index contributed by atoms with van der Waals surface area (Å²) < 4.78 is 0. The molecule has 106 valence electrons. The molecular weight excluding hydrogens is 311 g/mol. The van der Waals surface area contributed by atoms with Crippen molar-refractivity contribution in [2.45, 2.75) is 0 Å². The predicted molar refractivity (Wildman–Crippen MR) is 84.5 cm³/mol. The largest absolute Gasteiger partial charge is 0.382 e. The van der Waals surface area contributed by atoms with Crippen LogP contribution >= 0.6 is 23.2 Å². The Labute approximate surface area is 129 Å². The molecule has 0 fully saturated rings. The molecule has 0 unspecified atom stereocenters. The maximum atomic E-state index is 11.5. The highest BCUT2D eigenvalue weighted by molar-refractivity contribution is 6.36. The van der Waals surface area contributed by atoms with Crippen LogP contribution < -0.4 is 11.3 Å². The molecule has 0 saturated heterocycles. The lowest BCUT2D eigenvalue weighted by atomic mass is 10.0. The number of rotatable bonds is 2. The summed E-state index contributed by atoms with van der Waals surface area (Å²) in [5, 5.41) is 7.84. The average molecular weight is 321 g/mol. The van der Waals surface area contributed by atoms with Gasteiger partial charge in [-0.05, 0) is 18.2 Å². The molecule has 21 heavy (non-hydrogen) atoms. The normalized spacial score (nSPS) is 10.8. The molecule has 7 heteroatoms. The van der Waals surface area contributed by atoms with E-state index in [0.29, 0.717) is 38.2 Å². The molecule has 0 radical (unpaired) electrons. The van der Waals surface area contributed by atoms with E-state index in [1.165, 1.54) is 6.07 Å². The summed E-state index contributed by atoms with van der Waals surface area (Å²) in [6, 6.07) is 8.33. The number of benzene rings is 1. The quantitative estimate of drug-likeness (QED) is 0.676.